The number of halogens is 2. The van der Waals surface area contributed by atoms with Gasteiger partial charge in [0, 0.05) is 24.6 Å². The number of aromatic nitrogens is 2. The molecule has 3 heterocycles. The van der Waals surface area contributed by atoms with Crippen molar-refractivity contribution in [1.82, 2.24) is 14.9 Å². The summed E-state index contributed by atoms with van der Waals surface area (Å²) in [6.07, 6.45) is 3.03. The quantitative estimate of drug-likeness (QED) is 0.705. The first kappa shape index (κ1) is 17.1. The van der Waals surface area contributed by atoms with Crippen LogP contribution in [0.25, 0.3) is 0 Å². The van der Waals surface area contributed by atoms with Gasteiger partial charge in [0.2, 0.25) is 5.89 Å². The van der Waals surface area contributed by atoms with Crippen molar-refractivity contribution in [3.63, 3.8) is 0 Å². The van der Waals surface area contributed by atoms with Crippen LogP contribution in [0.1, 0.15) is 27.7 Å². The fourth-order valence-electron chi connectivity index (χ4n) is 2.88. The molecule has 0 aliphatic carbocycles. The number of fused-ring (bicyclic) bond motifs is 1. The Bertz CT molecular complexity index is 973. The molecule has 8 heteroatoms. The van der Waals surface area contributed by atoms with Gasteiger partial charge in [0.1, 0.15) is 23.1 Å². The largest absolute Gasteiger partial charge is 0.482 e. The maximum atomic E-state index is 13.1. The number of benzene rings is 1. The highest BCUT2D eigenvalue weighted by atomic mass is 19.1. The molecule has 138 valence electrons. The minimum Gasteiger partial charge on any atom is -0.482 e. The average molecular weight is 371 g/mol. The van der Waals surface area contributed by atoms with E-state index in [-0.39, 0.29) is 30.6 Å². The van der Waals surface area contributed by atoms with Gasteiger partial charge in [-0.1, -0.05) is 0 Å². The Hall–Kier alpha value is -3.29. The van der Waals surface area contributed by atoms with Crippen LogP contribution in [0.15, 0.2) is 47.1 Å². The summed E-state index contributed by atoms with van der Waals surface area (Å²) in [4.78, 5) is 22.3. The molecular weight excluding hydrogens is 356 g/mol. The summed E-state index contributed by atoms with van der Waals surface area (Å²) >= 11 is 0. The summed E-state index contributed by atoms with van der Waals surface area (Å²) in [5, 5.41) is 0. The molecule has 4 rings (SSSR count). The van der Waals surface area contributed by atoms with E-state index in [0.29, 0.717) is 30.2 Å². The number of nitrogens with zero attached hydrogens (tertiary/aromatic N) is 3. The van der Waals surface area contributed by atoms with Crippen molar-refractivity contribution in [2.24, 2.45) is 0 Å². The second-order valence-corrected chi connectivity index (χ2v) is 6.09. The normalized spacial score (nSPS) is 13.3. The van der Waals surface area contributed by atoms with Gasteiger partial charge in [-0.05, 0) is 24.3 Å². The van der Waals surface area contributed by atoms with Gasteiger partial charge in [-0.25, -0.2) is 13.8 Å². The Morgan fingerprint density at radius 3 is 2.78 bits per heavy atom. The van der Waals surface area contributed by atoms with Crippen molar-refractivity contribution < 1.29 is 22.7 Å². The number of carbonyl (C=O) groups is 1. The van der Waals surface area contributed by atoms with Crippen LogP contribution in [0.4, 0.5) is 8.78 Å². The molecule has 1 amide bonds. The highest BCUT2D eigenvalue weighted by Gasteiger charge is 2.26. The number of amides is 1. The first-order valence-corrected chi connectivity index (χ1v) is 8.34. The Balaban J connectivity index is 1.42. The van der Waals surface area contributed by atoms with Crippen LogP contribution >= 0.6 is 0 Å². The van der Waals surface area contributed by atoms with E-state index in [1.807, 2.05) is 0 Å². The summed E-state index contributed by atoms with van der Waals surface area (Å²) < 4.78 is 37.3. The Morgan fingerprint density at radius 1 is 1.19 bits per heavy atom. The average Bonchev–Trinajstić information content (AvgIpc) is 3.08. The van der Waals surface area contributed by atoms with Crippen molar-refractivity contribution in [3.05, 3.63) is 77.3 Å². The van der Waals surface area contributed by atoms with Crippen LogP contribution in [0.2, 0.25) is 0 Å². The van der Waals surface area contributed by atoms with Gasteiger partial charge in [-0.2, -0.15) is 0 Å². The van der Waals surface area contributed by atoms with E-state index < -0.39 is 5.82 Å². The lowest BCUT2D eigenvalue weighted by Gasteiger charge is -2.25. The smallest absolute Gasteiger partial charge is 0.254 e. The van der Waals surface area contributed by atoms with Gasteiger partial charge in [0.05, 0.1) is 24.6 Å². The zero-order chi connectivity index (χ0) is 18.8. The lowest BCUT2D eigenvalue weighted by atomic mass is 10.1. The topological polar surface area (TPSA) is 68.5 Å². The van der Waals surface area contributed by atoms with E-state index in [4.69, 9.17) is 9.15 Å². The fourth-order valence-corrected chi connectivity index (χ4v) is 2.88. The molecule has 0 bridgehead atoms. The molecule has 0 fully saturated rings. The molecule has 0 spiro atoms. The van der Waals surface area contributed by atoms with E-state index >= 15 is 0 Å². The zero-order valence-corrected chi connectivity index (χ0v) is 14.2. The molecule has 0 saturated heterocycles. The van der Waals surface area contributed by atoms with Crippen LogP contribution in [0.5, 0.6) is 5.75 Å². The summed E-state index contributed by atoms with van der Waals surface area (Å²) in [7, 11) is 0. The number of carbonyl (C=O) groups excluding carboxylic acids is 1. The predicted molar refractivity (Wildman–Crippen MR) is 89.9 cm³/mol. The Morgan fingerprint density at radius 2 is 2.00 bits per heavy atom. The molecule has 0 radical (unpaired) electrons. The first-order valence-electron chi connectivity index (χ1n) is 8.34. The van der Waals surface area contributed by atoms with Gasteiger partial charge in [-0.3, -0.25) is 9.78 Å². The monoisotopic (exact) mass is 371 g/mol. The third-order valence-corrected chi connectivity index (χ3v) is 4.20. The van der Waals surface area contributed by atoms with E-state index in [9.17, 15) is 13.6 Å². The number of ether oxygens (including phenoxy) is 1. The molecule has 6 nitrogen and oxygen atoms in total. The molecule has 2 aromatic heterocycles. The van der Waals surface area contributed by atoms with E-state index in [0.717, 1.165) is 11.9 Å². The number of rotatable bonds is 4. The number of hydrogen-bond donors (Lipinski definition) is 0. The summed E-state index contributed by atoms with van der Waals surface area (Å²) in [6.45, 7) is 0.800. The molecule has 0 saturated carbocycles. The van der Waals surface area contributed by atoms with Gasteiger partial charge in [-0.15, -0.1) is 0 Å². The molecule has 0 unspecified atom stereocenters. The number of pyridine rings is 1. The van der Waals surface area contributed by atoms with Crippen molar-refractivity contribution in [3.8, 4) is 5.75 Å². The highest BCUT2D eigenvalue weighted by Crippen LogP contribution is 2.22. The number of oxazole rings is 1. The summed E-state index contributed by atoms with van der Waals surface area (Å²) in [6, 6.07) is 6.65. The summed E-state index contributed by atoms with van der Waals surface area (Å²) in [5.41, 5.74) is 1.19. The van der Waals surface area contributed by atoms with E-state index in [1.54, 1.807) is 4.90 Å². The van der Waals surface area contributed by atoms with Crippen LogP contribution in [-0.2, 0) is 19.6 Å². The van der Waals surface area contributed by atoms with Crippen LogP contribution in [-0.4, -0.2) is 27.3 Å². The van der Waals surface area contributed by atoms with Gasteiger partial charge >= 0.3 is 0 Å². The first-order chi connectivity index (χ1) is 13.1. The van der Waals surface area contributed by atoms with Gasteiger partial charge in [0.25, 0.3) is 5.91 Å². The molecule has 1 aliphatic rings. The molecular formula is C19H15F2N3O3. The van der Waals surface area contributed by atoms with Crippen molar-refractivity contribution in [2.75, 3.05) is 6.54 Å². The van der Waals surface area contributed by atoms with Crippen LogP contribution in [0, 0.1) is 11.6 Å². The van der Waals surface area contributed by atoms with E-state index in [1.165, 1.54) is 36.5 Å². The standard InChI is InChI=1S/C19H15F2N3O3/c20-13-3-1-12(2-4-13)19(25)24-6-5-16-17(10-24)27-18(23-16)11-26-15-7-14(21)8-22-9-15/h1-4,7-9H,5-6,10-11H2. The Labute approximate surface area is 153 Å². The third kappa shape index (κ3) is 3.79. The fraction of sp³-hybridized carbons (Fsp3) is 0.211. The second-order valence-electron chi connectivity index (χ2n) is 6.09. The van der Waals surface area contributed by atoms with Gasteiger partial charge in [0.15, 0.2) is 6.61 Å². The SMILES string of the molecule is O=C(c1ccc(F)cc1)N1CCc2nc(COc3cncc(F)c3)oc2C1. The molecule has 27 heavy (non-hydrogen) atoms. The molecule has 0 atom stereocenters. The van der Waals surface area contributed by atoms with Crippen LogP contribution < -0.4 is 4.74 Å². The Kier molecular flexibility index (Phi) is 4.53. The lowest BCUT2D eigenvalue weighted by molar-refractivity contribution is 0.0718. The van der Waals surface area contributed by atoms with Crippen molar-refractivity contribution in [1.29, 1.82) is 0 Å². The molecule has 3 aromatic rings. The van der Waals surface area contributed by atoms with Crippen LogP contribution in [0.3, 0.4) is 0 Å². The summed E-state index contributed by atoms with van der Waals surface area (Å²) in [5.74, 6) is 0.142. The van der Waals surface area contributed by atoms with Crippen molar-refractivity contribution >= 4 is 5.91 Å². The molecule has 0 N–H and O–H groups in total. The third-order valence-electron chi connectivity index (χ3n) is 4.20. The molecule has 1 aromatic carbocycles. The van der Waals surface area contributed by atoms with Crippen molar-refractivity contribution in [2.45, 2.75) is 19.6 Å². The molecule has 1 aliphatic heterocycles. The predicted octanol–water partition coefficient (Wildman–Crippen LogP) is 3.13. The lowest BCUT2D eigenvalue weighted by Crippen LogP contribution is -2.35. The van der Waals surface area contributed by atoms with E-state index in [2.05, 4.69) is 9.97 Å². The number of hydrogen-bond acceptors (Lipinski definition) is 5. The minimum atomic E-state index is -0.492. The van der Waals surface area contributed by atoms with Gasteiger partial charge < -0.3 is 14.1 Å². The maximum Gasteiger partial charge on any atom is 0.254 e. The minimum absolute atomic E-state index is 0.0318. The zero-order valence-electron chi connectivity index (χ0n) is 14.2. The highest BCUT2D eigenvalue weighted by molar-refractivity contribution is 5.94. The second kappa shape index (κ2) is 7.14. The maximum absolute atomic E-state index is 13.1.